The molecule has 0 fully saturated rings. The van der Waals surface area contributed by atoms with Crippen molar-refractivity contribution in [1.29, 1.82) is 0 Å². The Morgan fingerprint density at radius 1 is 0.950 bits per heavy atom. The maximum Gasteiger partial charge on any atom is 0.305 e. The van der Waals surface area contributed by atoms with Crippen LogP contribution in [0.15, 0.2) is 0 Å². The molecule has 118 valence electrons. The number of carboxylic acids is 2. The van der Waals surface area contributed by atoms with E-state index in [0.717, 1.165) is 12.8 Å². The Hall–Kier alpha value is -1.18. The van der Waals surface area contributed by atoms with Gasteiger partial charge < -0.3 is 24.4 Å². The highest BCUT2D eigenvalue weighted by atomic mass is 16.6. The van der Waals surface area contributed by atoms with Gasteiger partial charge in [0.1, 0.15) is 6.10 Å². The van der Waals surface area contributed by atoms with Gasteiger partial charge in [-0.05, 0) is 6.42 Å². The second-order valence-corrected chi connectivity index (χ2v) is 4.28. The summed E-state index contributed by atoms with van der Waals surface area (Å²) in [6.45, 7) is 3.36. The second kappa shape index (κ2) is 12.8. The number of rotatable bonds is 14. The fourth-order valence-corrected chi connectivity index (χ4v) is 1.29. The molecule has 1 atom stereocenters. The van der Waals surface area contributed by atoms with Crippen LogP contribution in [-0.4, -0.2) is 61.3 Å². The highest BCUT2D eigenvalue weighted by molar-refractivity contribution is 5.67. The molecule has 7 heteroatoms. The molecule has 1 unspecified atom stereocenters. The Balaban J connectivity index is 3.84. The van der Waals surface area contributed by atoms with Gasteiger partial charge in [0, 0.05) is 6.61 Å². The summed E-state index contributed by atoms with van der Waals surface area (Å²) in [4.78, 5) is 20.7. The third-order valence-electron chi connectivity index (χ3n) is 2.38. The highest BCUT2D eigenvalue weighted by Gasteiger charge is 2.11. The smallest absolute Gasteiger partial charge is 0.305 e. The zero-order valence-electron chi connectivity index (χ0n) is 11.9. The van der Waals surface area contributed by atoms with Gasteiger partial charge in [0.25, 0.3) is 0 Å². The van der Waals surface area contributed by atoms with E-state index in [1.54, 1.807) is 0 Å². The first kappa shape index (κ1) is 18.8. The van der Waals surface area contributed by atoms with Crippen LogP contribution in [0.1, 0.15) is 32.6 Å². The Bertz CT molecular complexity index is 267. The molecule has 20 heavy (non-hydrogen) atoms. The standard InChI is InChI=1S/C13H24O7/c1-2-3-6-18-9-11(20-8-5-13(16)17)10-19-7-4-12(14)15/h11H,2-10H2,1H3,(H,14,15)(H,16,17). The van der Waals surface area contributed by atoms with E-state index in [1.165, 1.54) is 0 Å². The van der Waals surface area contributed by atoms with Crippen LogP contribution in [0.3, 0.4) is 0 Å². The fraction of sp³-hybridized carbons (Fsp3) is 0.846. The van der Waals surface area contributed by atoms with Gasteiger partial charge in [0.2, 0.25) is 0 Å². The minimum absolute atomic E-state index is 0.0709. The van der Waals surface area contributed by atoms with Crippen LogP contribution >= 0.6 is 0 Å². The number of unbranched alkanes of at least 4 members (excludes halogenated alkanes) is 1. The zero-order valence-corrected chi connectivity index (χ0v) is 11.9. The lowest BCUT2D eigenvalue weighted by atomic mass is 10.3. The molecule has 0 aliphatic rings. The molecule has 0 radical (unpaired) electrons. The predicted molar refractivity (Wildman–Crippen MR) is 70.8 cm³/mol. The third kappa shape index (κ3) is 13.3. The van der Waals surface area contributed by atoms with Gasteiger partial charge >= 0.3 is 11.9 Å². The van der Waals surface area contributed by atoms with Gasteiger partial charge in [-0.2, -0.15) is 0 Å². The molecule has 7 nitrogen and oxygen atoms in total. The molecule has 0 bridgehead atoms. The van der Waals surface area contributed by atoms with Gasteiger partial charge in [-0.1, -0.05) is 13.3 Å². The van der Waals surface area contributed by atoms with Crippen molar-refractivity contribution < 1.29 is 34.0 Å². The van der Waals surface area contributed by atoms with E-state index in [9.17, 15) is 9.59 Å². The van der Waals surface area contributed by atoms with Gasteiger partial charge in [-0.3, -0.25) is 9.59 Å². The monoisotopic (exact) mass is 292 g/mol. The van der Waals surface area contributed by atoms with Crippen molar-refractivity contribution in [2.24, 2.45) is 0 Å². The Kier molecular flexibility index (Phi) is 12.1. The van der Waals surface area contributed by atoms with Gasteiger partial charge in [-0.25, -0.2) is 0 Å². The molecule has 0 aromatic heterocycles. The first-order chi connectivity index (χ1) is 9.56. The predicted octanol–water partition coefficient (Wildman–Crippen LogP) is 1.15. The van der Waals surface area contributed by atoms with Crippen molar-refractivity contribution in [2.45, 2.75) is 38.7 Å². The van der Waals surface area contributed by atoms with Crippen molar-refractivity contribution in [3.05, 3.63) is 0 Å². The van der Waals surface area contributed by atoms with Gasteiger partial charge in [0.05, 0.1) is 39.3 Å². The van der Waals surface area contributed by atoms with Crippen molar-refractivity contribution in [3.63, 3.8) is 0 Å². The fourth-order valence-electron chi connectivity index (χ4n) is 1.29. The topological polar surface area (TPSA) is 102 Å². The van der Waals surface area contributed by atoms with Crippen LogP contribution in [-0.2, 0) is 23.8 Å². The number of hydrogen-bond acceptors (Lipinski definition) is 5. The molecule has 0 saturated carbocycles. The van der Waals surface area contributed by atoms with Crippen LogP contribution in [0, 0.1) is 0 Å². The maximum absolute atomic E-state index is 10.4. The van der Waals surface area contributed by atoms with E-state index in [0.29, 0.717) is 13.2 Å². The maximum atomic E-state index is 10.4. The summed E-state index contributed by atoms with van der Waals surface area (Å²) in [5.74, 6) is -1.85. The van der Waals surface area contributed by atoms with E-state index in [4.69, 9.17) is 24.4 Å². The van der Waals surface area contributed by atoms with E-state index in [-0.39, 0.29) is 38.8 Å². The highest BCUT2D eigenvalue weighted by Crippen LogP contribution is 1.99. The normalized spacial score (nSPS) is 12.2. The average Bonchev–Trinajstić information content (AvgIpc) is 2.38. The molecular formula is C13H24O7. The van der Waals surface area contributed by atoms with Crippen molar-refractivity contribution in [3.8, 4) is 0 Å². The average molecular weight is 292 g/mol. The van der Waals surface area contributed by atoms with E-state index >= 15 is 0 Å². The quantitative estimate of drug-likeness (QED) is 0.463. The summed E-state index contributed by atoms with van der Waals surface area (Å²) in [7, 11) is 0. The van der Waals surface area contributed by atoms with E-state index in [1.807, 2.05) is 0 Å². The van der Waals surface area contributed by atoms with Crippen molar-refractivity contribution in [2.75, 3.05) is 33.0 Å². The minimum atomic E-state index is -0.928. The third-order valence-corrected chi connectivity index (χ3v) is 2.38. The molecule has 0 rings (SSSR count). The molecule has 0 aliphatic heterocycles. The van der Waals surface area contributed by atoms with E-state index < -0.39 is 11.9 Å². The Morgan fingerprint density at radius 3 is 2.05 bits per heavy atom. The van der Waals surface area contributed by atoms with Crippen LogP contribution in [0.5, 0.6) is 0 Å². The summed E-state index contributed by atoms with van der Waals surface area (Å²) < 4.78 is 16.0. The summed E-state index contributed by atoms with van der Waals surface area (Å²) >= 11 is 0. The van der Waals surface area contributed by atoms with Crippen LogP contribution in [0.25, 0.3) is 0 Å². The summed E-state index contributed by atoms with van der Waals surface area (Å²) in [6, 6.07) is 0. The number of carboxylic acid groups (broad SMARTS) is 2. The Labute approximate surface area is 118 Å². The molecule has 0 aromatic carbocycles. The lowest BCUT2D eigenvalue weighted by molar-refractivity contribution is -0.141. The van der Waals surface area contributed by atoms with Crippen LogP contribution in [0.2, 0.25) is 0 Å². The number of aliphatic carboxylic acids is 2. The lowest BCUT2D eigenvalue weighted by Gasteiger charge is -2.17. The van der Waals surface area contributed by atoms with Gasteiger partial charge in [-0.15, -0.1) is 0 Å². The van der Waals surface area contributed by atoms with Gasteiger partial charge in [0.15, 0.2) is 0 Å². The first-order valence-corrected chi connectivity index (χ1v) is 6.77. The minimum Gasteiger partial charge on any atom is -0.481 e. The lowest BCUT2D eigenvalue weighted by Crippen LogP contribution is -2.27. The van der Waals surface area contributed by atoms with Crippen LogP contribution < -0.4 is 0 Å². The summed E-state index contributed by atoms with van der Waals surface area (Å²) in [5, 5.41) is 17.0. The van der Waals surface area contributed by atoms with E-state index in [2.05, 4.69) is 6.92 Å². The number of hydrogen-bond donors (Lipinski definition) is 2. The summed E-state index contributed by atoms with van der Waals surface area (Å²) in [5.41, 5.74) is 0. The molecule has 0 spiro atoms. The molecular weight excluding hydrogens is 268 g/mol. The molecule has 0 aliphatic carbocycles. The summed E-state index contributed by atoms with van der Waals surface area (Å²) in [6.07, 6.45) is 1.44. The molecule has 0 aromatic rings. The number of ether oxygens (including phenoxy) is 3. The van der Waals surface area contributed by atoms with Crippen LogP contribution in [0.4, 0.5) is 0 Å². The molecule has 0 saturated heterocycles. The van der Waals surface area contributed by atoms with Crippen molar-refractivity contribution >= 4 is 11.9 Å². The number of carbonyl (C=O) groups is 2. The second-order valence-electron chi connectivity index (χ2n) is 4.28. The first-order valence-electron chi connectivity index (χ1n) is 6.77. The molecule has 0 amide bonds. The largest absolute Gasteiger partial charge is 0.481 e. The Morgan fingerprint density at radius 2 is 1.50 bits per heavy atom. The molecule has 0 heterocycles. The zero-order chi connectivity index (χ0) is 15.2. The SMILES string of the molecule is CCCCOCC(COCCC(=O)O)OCCC(=O)O. The molecule has 2 N–H and O–H groups in total. The van der Waals surface area contributed by atoms with Crippen molar-refractivity contribution in [1.82, 2.24) is 0 Å².